The summed E-state index contributed by atoms with van der Waals surface area (Å²) in [6.45, 7) is 22.4. The van der Waals surface area contributed by atoms with Gasteiger partial charge in [-0.1, -0.05) is 43.5 Å². The normalized spacial score (nSPS) is 37.9. The average Bonchev–Trinajstić information content (AvgIpc) is 3.28. The highest BCUT2D eigenvalue weighted by atomic mass is 16.9. The van der Waals surface area contributed by atoms with Crippen LogP contribution in [0.2, 0.25) is 0 Å². The van der Waals surface area contributed by atoms with Crippen molar-refractivity contribution in [3.63, 3.8) is 0 Å². The molecule has 2 rings (SSSR count). The zero-order chi connectivity index (χ0) is 36.8. The van der Waals surface area contributed by atoms with Crippen LogP contribution in [0.1, 0.15) is 32.1 Å². The van der Waals surface area contributed by atoms with Gasteiger partial charge < -0.3 is 64.5 Å². The molecule has 0 aromatic rings. The van der Waals surface area contributed by atoms with Crippen molar-refractivity contribution in [2.75, 3.05) is 13.2 Å². The molecule has 15 nitrogen and oxygen atoms in total. The third-order valence-corrected chi connectivity index (χ3v) is 8.74. The number of carbonyl (C=O) groups excluding carboxylic acids is 2. The predicted molar refractivity (Wildman–Crippen MR) is 168 cm³/mol. The minimum atomic E-state index is -3.80. The largest absolute Gasteiger partial charge is 0.408 e. The summed E-state index contributed by atoms with van der Waals surface area (Å²) in [5.74, 6) is -12.5. The van der Waals surface area contributed by atoms with Crippen LogP contribution < -0.4 is 0 Å². The van der Waals surface area contributed by atoms with Crippen molar-refractivity contribution in [2.24, 2.45) is 0 Å². The Kier molecular flexibility index (Phi) is 12.8. The number of aliphatic hydroxyl groups excluding tert-OH is 4. The molecule has 8 N–H and O–H groups in total. The van der Waals surface area contributed by atoms with E-state index in [1.54, 1.807) is 0 Å². The maximum absolute atomic E-state index is 12.9. The standard InChI is InChI=1S/C33H46O15/c1-8-15-28(40)29(41,16-9-2)31(18-11-4,33(43,45-23(36)13-6)46-24(37)14-7)48-32(19-12-5,30(28,42)17-10-3)47-27(21-35)26(39)25(38)22(20-34)44-27/h8-14,22,25-26,34-35,38-43H,1-7,15-21H2/t22-,25-,26+,27?,28+,29+,30-,31+,32-/m1/s1. The van der Waals surface area contributed by atoms with Crippen LogP contribution in [-0.4, -0.2) is 124 Å². The van der Waals surface area contributed by atoms with E-state index in [1.807, 2.05) is 0 Å². The second-order valence-corrected chi connectivity index (χ2v) is 11.4. The molecule has 0 aromatic heterocycles. The van der Waals surface area contributed by atoms with E-state index in [0.29, 0.717) is 12.2 Å². The summed E-state index contributed by atoms with van der Waals surface area (Å²) in [5.41, 5.74) is -12.6. The van der Waals surface area contributed by atoms with Crippen molar-refractivity contribution in [1.82, 2.24) is 0 Å². The van der Waals surface area contributed by atoms with E-state index in [2.05, 4.69) is 46.1 Å². The van der Waals surface area contributed by atoms with Crippen LogP contribution in [0.25, 0.3) is 0 Å². The fourth-order valence-electron chi connectivity index (χ4n) is 6.55. The molecule has 15 heteroatoms. The zero-order valence-corrected chi connectivity index (χ0v) is 26.6. The molecule has 0 amide bonds. The van der Waals surface area contributed by atoms with Gasteiger partial charge in [-0.3, -0.25) is 0 Å². The number of hydrogen-bond acceptors (Lipinski definition) is 15. The molecule has 48 heavy (non-hydrogen) atoms. The summed E-state index contributed by atoms with van der Waals surface area (Å²) in [5, 5.41) is 93.0. The maximum atomic E-state index is 12.9. The lowest BCUT2D eigenvalue weighted by Crippen LogP contribution is -2.91. The number of rotatable bonds is 19. The molecule has 2 aliphatic rings. The molecular formula is C33H46O15. The van der Waals surface area contributed by atoms with Crippen LogP contribution in [0.4, 0.5) is 0 Å². The van der Waals surface area contributed by atoms with Crippen LogP contribution in [0.5, 0.6) is 0 Å². The van der Waals surface area contributed by atoms with Gasteiger partial charge in [0.15, 0.2) is 5.60 Å². The second-order valence-electron chi connectivity index (χ2n) is 11.4. The lowest BCUT2D eigenvalue weighted by Gasteiger charge is -2.70. The number of aliphatic hydroxyl groups is 8. The van der Waals surface area contributed by atoms with Gasteiger partial charge in [-0.15, -0.1) is 32.9 Å². The van der Waals surface area contributed by atoms with Crippen LogP contribution in [0.3, 0.4) is 0 Å². The summed E-state index contributed by atoms with van der Waals surface area (Å²) >= 11 is 0. The topological polar surface area (TPSA) is 242 Å². The van der Waals surface area contributed by atoms with Crippen LogP contribution in [0, 0.1) is 0 Å². The van der Waals surface area contributed by atoms with Crippen molar-refractivity contribution in [1.29, 1.82) is 0 Å². The Hall–Kier alpha value is -3.32. The van der Waals surface area contributed by atoms with Gasteiger partial charge in [0.1, 0.15) is 36.1 Å². The van der Waals surface area contributed by atoms with Gasteiger partial charge >= 0.3 is 17.9 Å². The molecule has 1 unspecified atom stereocenters. The number of hydrogen-bond donors (Lipinski definition) is 8. The predicted octanol–water partition coefficient (Wildman–Crippen LogP) is -0.552. The number of carbonyl (C=O) groups is 2. The summed E-state index contributed by atoms with van der Waals surface area (Å²) in [4.78, 5) is 25.5. The molecule has 0 aromatic carbocycles. The van der Waals surface area contributed by atoms with Crippen LogP contribution in [0.15, 0.2) is 88.6 Å². The first-order valence-corrected chi connectivity index (χ1v) is 14.7. The van der Waals surface area contributed by atoms with E-state index in [4.69, 9.17) is 23.7 Å². The first kappa shape index (κ1) is 40.9. The fraction of sp³-hybridized carbons (Fsp3) is 0.515. The van der Waals surface area contributed by atoms with Crippen molar-refractivity contribution in [3.05, 3.63) is 88.6 Å². The molecule has 0 aliphatic carbocycles. The minimum Gasteiger partial charge on any atom is -0.394 e. The third-order valence-electron chi connectivity index (χ3n) is 8.74. The Bertz CT molecular complexity index is 1260. The van der Waals surface area contributed by atoms with E-state index in [1.165, 1.54) is 0 Å². The Morgan fingerprint density at radius 3 is 1.58 bits per heavy atom. The van der Waals surface area contributed by atoms with E-state index >= 15 is 0 Å². The summed E-state index contributed by atoms with van der Waals surface area (Å²) < 4.78 is 28.6. The Morgan fingerprint density at radius 1 is 0.729 bits per heavy atom. The van der Waals surface area contributed by atoms with Gasteiger partial charge in [0.25, 0.3) is 0 Å². The molecule has 0 spiro atoms. The molecule has 2 aliphatic heterocycles. The lowest BCUT2D eigenvalue weighted by molar-refractivity contribution is -0.548. The van der Waals surface area contributed by atoms with E-state index in [9.17, 15) is 50.4 Å². The van der Waals surface area contributed by atoms with E-state index < -0.39 is 116 Å². The van der Waals surface area contributed by atoms with Gasteiger partial charge in [0.2, 0.25) is 17.2 Å². The van der Waals surface area contributed by atoms with Gasteiger partial charge in [-0.2, -0.15) is 0 Å². The van der Waals surface area contributed by atoms with Crippen LogP contribution in [-0.2, 0) is 33.3 Å². The first-order chi connectivity index (χ1) is 22.4. The Balaban J connectivity index is 3.35. The SMILES string of the molecule is C=CC[C@@]1(OC2(CO)O[C@H](CO)[C@@H](O)[C@@H]2O)O[C@](CC=C)(C(O)(OC(=O)C=C)OC(=O)C=C)[C@](O)(CC=C)[C@@](O)(CC=C)[C@]1(O)CC=C. The fourth-order valence-corrected chi connectivity index (χ4v) is 6.55. The highest BCUT2D eigenvalue weighted by molar-refractivity contribution is 5.83. The van der Waals surface area contributed by atoms with Crippen molar-refractivity contribution >= 4 is 11.9 Å². The molecule has 0 radical (unpaired) electrons. The molecule has 268 valence electrons. The monoisotopic (exact) mass is 682 g/mol. The Morgan fingerprint density at radius 2 is 1.19 bits per heavy atom. The van der Waals surface area contributed by atoms with Gasteiger partial charge in [-0.25, -0.2) is 9.59 Å². The summed E-state index contributed by atoms with van der Waals surface area (Å²) in [6.07, 6.45) is -3.40. The van der Waals surface area contributed by atoms with E-state index in [0.717, 1.165) is 30.4 Å². The highest BCUT2D eigenvalue weighted by Crippen LogP contribution is 2.64. The molecule has 0 saturated carbocycles. The minimum absolute atomic E-state index is 0.557. The molecular weight excluding hydrogens is 636 g/mol. The van der Waals surface area contributed by atoms with Crippen molar-refractivity contribution in [2.45, 2.75) is 90.4 Å². The molecule has 0 bridgehead atoms. The molecule has 2 fully saturated rings. The lowest BCUT2D eigenvalue weighted by atomic mass is 9.53. The summed E-state index contributed by atoms with van der Waals surface area (Å²) in [6, 6.07) is 0. The second kappa shape index (κ2) is 15.1. The number of esters is 2. The third kappa shape index (κ3) is 5.94. The average molecular weight is 683 g/mol. The zero-order valence-electron chi connectivity index (χ0n) is 26.6. The van der Waals surface area contributed by atoms with Crippen LogP contribution >= 0.6 is 0 Å². The van der Waals surface area contributed by atoms with E-state index in [-0.39, 0.29) is 0 Å². The molecule has 2 saturated heterocycles. The van der Waals surface area contributed by atoms with Crippen molar-refractivity contribution in [3.8, 4) is 0 Å². The van der Waals surface area contributed by atoms with Gasteiger partial charge in [0, 0.05) is 37.8 Å². The van der Waals surface area contributed by atoms with Gasteiger partial charge in [0.05, 0.1) is 6.61 Å². The summed E-state index contributed by atoms with van der Waals surface area (Å²) in [7, 11) is 0. The Labute approximate surface area is 278 Å². The molecule has 9 atom stereocenters. The maximum Gasteiger partial charge on any atom is 0.408 e. The smallest absolute Gasteiger partial charge is 0.394 e. The quantitative estimate of drug-likeness (QED) is 0.0369. The highest BCUT2D eigenvalue weighted by Gasteiger charge is 2.87. The first-order valence-electron chi connectivity index (χ1n) is 14.7. The van der Waals surface area contributed by atoms with Gasteiger partial charge in [-0.05, 0) is 6.42 Å². The number of ether oxygens (including phenoxy) is 5. The molecule has 2 heterocycles. The van der Waals surface area contributed by atoms with Crippen molar-refractivity contribution < 1.29 is 74.1 Å².